The highest BCUT2D eigenvalue weighted by molar-refractivity contribution is 7.99. The molecule has 0 fully saturated rings. The van der Waals surface area contributed by atoms with Gasteiger partial charge in [0.15, 0.2) is 6.04 Å². The van der Waals surface area contributed by atoms with Gasteiger partial charge in [-0.2, -0.15) is 16.7 Å². The molecule has 0 heterocycles. The molecule has 7 nitrogen and oxygen atoms in total. The van der Waals surface area contributed by atoms with Crippen molar-refractivity contribution in [3.05, 3.63) is 64.6 Å². The van der Waals surface area contributed by atoms with Gasteiger partial charge in [-0.05, 0) is 48.1 Å². The number of carbonyl (C=O) groups is 2. The molecule has 2 atom stereocenters. The predicted octanol–water partition coefficient (Wildman–Crippen LogP) is 3.13. The SMILES string of the molecule is COc1cccc(C(COc2ccc(CC(SC)C(=O)NC=O)cc2)N=O)c1. The molecule has 0 aliphatic heterocycles. The zero-order valence-corrected chi connectivity index (χ0v) is 16.5. The molecule has 0 bridgehead atoms. The van der Waals surface area contributed by atoms with Crippen molar-refractivity contribution in [2.24, 2.45) is 5.18 Å². The van der Waals surface area contributed by atoms with Crippen LogP contribution in [0.5, 0.6) is 11.5 Å². The van der Waals surface area contributed by atoms with Crippen molar-refractivity contribution in [1.29, 1.82) is 0 Å². The van der Waals surface area contributed by atoms with Crippen LogP contribution in [0.1, 0.15) is 17.2 Å². The van der Waals surface area contributed by atoms with E-state index in [1.165, 1.54) is 11.8 Å². The van der Waals surface area contributed by atoms with Crippen molar-refractivity contribution in [1.82, 2.24) is 5.32 Å². The molecular formula is C20H22N2O5S. The highest BCUT2D eigenvalue weighted by Gasteiger charge is 2.17. The molecule has 0 saturated carbocycles. The number of hydrogen-bond donors (Lipinski definition) is 1. The van der Waals surface area contributed by atoms with Crippen molar-refractivity contribution in [3.63, 3.8) is 0 Å². The Hall–Kier alpha value is -2.87. The zero-order chi connectivity index (χ0) is 20.4. The van der Waals surface area contributed by atoms with E-state index in [1.807, 2.05) is 18.4 Å². The second kappa shape index (κ2) is 11.1. The Labute approximate surface area is 167 Å². The van der Waals surface area contributed by atoms with Gasteiger partial charge < -0.3 is 9.47 Å². The molecule has 28 heavy (non-hydrogen) atoms. The minimum Gasteiger partial charge on any atom is -0.497 e. The second-order valence-corrected chi connectivity index (χ2v) is 6.95. The summed E-state index contributed by atoms with van der Waals surface area (Å²) in [5.74, 6) is 0.928. The lowest BCUT2D eigenvalue weighted by Gasteiger charge is -2.14. The fourth-order valence-corrected chi connectivity index (χ4v) is 3.22. The van der Waals surface area contributed by atoms with E-state index in [0.717, 1.165) is 11.1 Å². The van der Waals surface area contributed by atoms with Crippen molar-refractivity contribution in [2.45, 2.75) is 17.7 Å². The average molecular weight is 402 g/mol. The number of methoxy groups -OCH3 is 1. The highest BCUT2D eigenvalue weighted by Crippen LogP contribution is 2.24. The van der Waals surface area contributed by atoms with Crippen LogP contribution >= 0.6 is 11.8 Å². The minimum absolute atomic E-state index is 0.102. The summed E-state index contributed by atoms with van der Waals surface area (Å²) < 4.78 is 10.9. The number of carbonyl (C=O) groups excluding carboxylic acids is 2. The fraction of sp³-hybridized carbons (Fsp3) is 0.300. The lowest BCUT2D eigenvalue weighted by atomic mass is 10.1. The van der Waals surface area contributed by atoms with Gasteiger partial charge in [-0.1, -0.05) is 29.4 Å². The van der Waals surface area contributed by atoms with Crippen LogP contribution in [0.15, 0.2) is 53.7 Å². The van der Waals surface area contributed by atoms with Crippen LogP contribution in [-0.2, 0) is 16.0 Å². The molecular weight excluding hydrogens is 380 g/mol. The first-order valence-corrected chi connectivity index (χ1v) is 9.85. The van der Waals surface area contributed by atoms with Crippen molar-refractivity contribution >= 4 is 24.1 Å². The molecule has 2 rings (SSSR count). The third-order valence-electron chi connectivity index (χ3n) is 4.14. The molecule has 0 spiro atoms. The largest absolute Gasteiger partial charge is 0.497 e. The number of nitrogens with one attached hydrogen (secondary N) is 1. The van der Waals surface area contributed by atoms with Crippen LogP contribution in [0.3, 0.4) is 0 Å². The van der Waals surface area contributed by atoms with Gasteiger partial charge in [0.25, 0.3) is 0 Å². The van der Waals surface area contributed by atoms with Crippen molar-refractivity contribution < 1.29 is 19.1 Å². The second-order valence-electron chi connectivity index (χ2n) is 5.91. The maximum atomic E-state index is 11.8. The summed E-state index contributed by atoms with van der Waals surface area (Å²) >= 11 is 1.38. The Morgan fingerprint density at radius 3 is 2.57 bits per heavy atom. The number of ether oxygens (including phenoxy) is 2. The van der Waals surface area contributed by atoms with Gasteiger partial charge in [0, 0.05) is 0 Å². The van der Waals surface area contributed by atoms with Gasteiger partial charge in [-0.15, -0.1) is 0 Å². The lowest BCUT2D eigenvalue weighted by Crippen LogP contribution is -2.32. The van der Waals surface area contributed by atoms with E-state index in [9.17, 15) is 14.5 Å². The quantitative estimate of drug-likeness (QED) is 0.458. The molecule has 0 aromatic heterocycles. The summed E-state index contributed by atoms with van der Waals surface area (Å²) in [6, 6.07) is 13.7. The van der Waals surface area contributed by atoms with Crippen LogP contribution in [0.2, 0.25) is 0 Å². The number of imide groups is 1. The number of rotatable bonds is 11. The molecule has 148 valence electrons. The van der Waals surface area contributed by atoms with Crippen LogP contribution < -0.4 is 14.8 Å². The highest BCUT2D eigenvalue weighted by atomic mass is 32.2. The Balaban J connectivity index is 1.96. The van der Waals surface area contributed by atoms with Crippen molar-refractivity contribution in [2.75, 3.05) is 20.0 Å². The van der Waals surface area contributed by atoms with Gasteiger partial charge in [0.1, 0.15) is 18.1 Å². The molecule has 8 heteroatoms. The molecule has 2 amide bonds. The first-order chi connectivity index (χ1) is 13.6. The normalized spacial score (nSPS) is 12.5. The van der Waals surface area contributed by atoms with E-state index in [0.29, 0.717) is 24.3 Å². The van der Waals surface area contributed by atoms with E-state index in [1.54, 1.807) is 43.5 Å². The zero-order valence-electron chi connectivity index (χ0n) is 15.7. The molecule has 0 aliphatic carbocycles. The maximum Gasteiger partial charge on any atom is 0.239 e. The average Bonchev–Trinajstić information content (AvgIpc) is 2.73. The Morgan fingerprint density at radius 2 is 1.96 bits per heavy atom. The maximum absolute atomic E-state index is 11.8. The molecule has 1 N–H and O–H groups in total. The summed E-state index contributed by atoms with van der Waals surface area (Å²) in [5.41, 5.74) is 1.65. The summed E-state index contributed by atoms with van der Waals surface area (Å²) in [6.45, 7) is 0.102. The van der Waals surface area contributed by atoms with E-state index in [2.05, 4.69) is 10.5 Å². The molecule has 0 aliphatic rings. The number of thioether (sulfide) groups is 1. The van der Waals surface area contributed by atoms with Crippen LogP contribution in [0.25, 0.3) is 0 Å². The third-order valence-corrected chi connectivity index (χ3v) is 5.09. The van der Waals surface area contributed by atoms with Gasteiger partial charge in [0.2, 0.25) is 12.3 Å². The Kier molecular flexibility index (Phi) is 8.48. The number of nitrogens with zero attached hydrogens (tertiary/aromatic N) is 1. The molecule has 0 saturated heterocycles. The summed E-state index contributed by atoms with van der Waals surface area (Å²) in [6.07, 6.45) is 2.70. The smallest absolute Gasteiger partial charge is 0.239 e. The van der Waals surface area contributed by atoms with E-state index in [-0.39, 0.29) is 17.8 Å². The Bertz CT molecular complexity index is 797. The number of amides is 2. The van der Waals surface area contributed by atoms with Crippen LogP contribution in [0.4, 0.5) is 0 Å². The van der Waals surface area contributed by atoms with E-state index >= 15 is 0 Å². The lowest BCUT2D eigenvalue weighted by molar-refractivity contribution is -0.124. The van der Waals surface area contributed by atoms with Gasteiger partial charge in [-0.3, -0.25) is 14.9 Å². The predicted molar refractivity (Wildman–Crippen MR) is 109 cm³/mol. The molecule has 0 radical (unpaired) electrons. The first kappa shape index (κ1) is 21.4. The number of nitroso groups, excluding NO2 is 1. The van der Waals surface area contributed by atoms with Crippen LogP contribution in [0, 0.1) is 4.91 Å². The Morgan fingerprint density at radius 1 is 1.21 bits per heavy atom. The minimum atomic E-state index is -0.650. The van der Waals surface area contributed by atoms with E-state index in [4.69, 9.17) is 9.47 Å². The van der Waals surface area contributed by atoms with Gasteiger partial charge >= 0.3 is 0 Å². The van der Waals surface area contributed by atoms with Crippen molar-refractivity contribution in [3.8, 4) is 11.5 Å². The summed E-state index contributed by atoms with van der Waals surface area (Å²) in [5, 5.41) is 4.97. The molecule has 2 aromatic rings. The summed E-state index contributed by atoms with van der Waals surface area (Å²) in [4.78, 5) is 33.4. The topological polar surface area (TPSA) is 94.1 Å². The standard InChI is InChI=1S/C20H22N2O5S/c1-26-17-5-3-4-15(11-17)18(22-25)12-27-16-8-6-14(7-9-16)10-19(28-2)20(24)21-13-23/h3-9,11,13,18-19H,10,12H2,1-2H3,(H,21,23,24). The van der Waals surface area contributed by atoms with Gasteiger partial charge in [-0.25, -0.2) is 0 Å². The van der Waals surface area contributed by atoms with Crippen LogP contribution in [-0.4, -0.2) is 37.5 Å². The number of hydrogen-bond acceptors (Lipinski definition) is 7. The molecule has 2 aromatic carbocycles. The monoisotopic (exact) mass is 402 g/mol. The third kappa shape index (κ3) is 6.09. The van der Waals surface area contributed by atoms with E-state index < -0.39 is 6.04 Å². The first-order valence-electron chi connectivity index (χ1n) is 8.56. The molecule has 2 unspecified atom stereocenters. The number of benzene rings is 2. The fourth-order valence-electron chi connectivity index (χ4n) is 2.58. The summed E-state index contributed by atoms with van der Waals surface area (Å²) in [7, 11) is 1.56. The van der Waals surface area contributed by atoms with Gasteiger partial charge in [0.05, 0.1) is 12.4 Å².